The molecule has 1 rings (SSSR count). The van der Waals surface area contributed by atoms with Gasteiger partial charge >= 0.3 is 0 Å². The van der Waals surface area contributed by atoms with Gasteiger partial charge in [0.25, 0.3) is 0 Å². The Morgan fingerprint density at radius 2 is 2.00 bits per heavy atom. The van der Waals surface area contributed by atoms with Crippen LogP contribution in [-0.2, 0) is 6.42 Å². The molecular formula is C16H26FNO. The number of hydrogen-bond acceptors (Lipinski definition) is 2. The number of benzene rings is 1. The summed E-state index contributed by atoms with van der Waals surface area (Å²) in [5, 5.41) is 3.44. The van der Waals surface area contributed by atoms with Crippen molar-refractivity contribution in [2.24, 2.45) is 11.8 Å². The van der Waals surface area contributed by atoms with Crippen molar-refractivity contribution in [2.45, 2.75) is 33.6 Å². The number of nitrogens with one attached hydrogen (secondary N) is 1. The number of halogens is 1. The molecule has 0 aromatic heterocycles. The molecule has 0 amide bonds. The lowest BCUT2D eigenvalue weighted by atomic mass is 9.89. The number of rotatable bonds is 8. The summed E-state index contributed by atoms with van der Waals surface area (Å²) in [7, 11) is 1.49. The van der Waals surface area contributed by atoms with Gasteiger partial charge in [-0.3, -0.25) is 0 Å². The maximum atomic E-state index is 13.6. The predicted octanol–water partition coefficient (Wildman–Crippen LogP) is 3.65. The van der Waals surface area contributed by atoms with E-state index in [1.807, 2.05) is 6.07 Å². The third-order valence-electron chi connectivity index (χ3n) is 3.64. The van der Waals surface area contributed by atoms with E-state index >= 15 is 0 Å². The molecule has 0 fully saturated rings. The smallest absolute Gasteiger partial charge is 0.165 e. The van der Waals surface area contributed by atoms with Crippen LogP contribution in [0.5, 0.6) is 5.75 Å². The molecule has 1 aromatic rings. The summed E-state index contributed by atoms with van der Waals surface area (Å²) >= 11 is 0. The Hall–Kier alpha value is -1.09. The normalized spacial score (nSPS) is 14.2. The van der Waals surface area contributed by atoms with Gasteiger partial charge in [-0.2, -0.15) is 0 Å². The van der Waals surface area contributed by atoms with E-state index in [1.54, 1.807) is 12.1 Å². The lowest BCUT2D eigenvalue weighted by Gasteiger charge is -2.20. The van der Waals surface area contributed by atoms with Gasteiger partial charge in [-0.05, 0) is 55.5 Å². The zero-order chi connectivity index (χ0) is 14.3. The molecule has 0 heterocycles. The number of methoxy groups -OCH3 is 1. The van der Waals surface area contributed by atoms with Crippen LogP contribution in [0.25, 0.3) is 0 Å². The third-order valence-corrected chi connectivity index (χ3v) is 3.64. The fraction of sp³-hybridized carbons (Fsp3) is 0.625. The van der Waals surface area contributed by atoms with E-state index in [9.17, 15) is 4.39 Å². The van der Waals surface area contributed by atoms with Crippen LogP contribution in [-0.4, -0.2) is 20.2 Å². The second-order valence-electron chi connectivity index (χ2n) is 5.33. The highest BCUT2D eigenvalue weighted by molar-refractivity contribution is 5.29. The first-order chi connectivity index (χ1) is 9.08. The van der Waals surface area contributed by atoms with E-state index in [1.165, 1.54) is 7.11 Å². The molecule has 0 aliphatic rings. The lowest BCUT2D eigenvalue weighted by molar-refractivity contribution is 0.363. The van der Waals surface area contributed by atoms with Crippen LogP contribution in [0.4, 0.5) is 4.39 Å². The third kappa shape index (κ3) is 5.19. The molecular weight excluding hydrogens is 241 g/mol. The summed E-state index contributed by atoms with van der Waals surface area (Å²) in [5.41, 5.74) is 1.04. The first kappa shape index (κ1) is 16.0. The molecule has 2 unspecified atom stereocenters. The van der Waals surface area contributed by atoms with Crippen LogP contribution in [0.15, 0.2) is 18.2 Å². The molecule has 0 aliphatic carbocycles. The van der Waals surface area contributed by atoms with Crippen molar-refractivity contribution < 1.29 is 9.13 Å². The highest BCUT2D eigenvalue weighted by Crippen LogP contribution is 2.22. The van der Waals surface area contributed by atoms with Crippen LogP contribution in [0.2, 0.25) is 0 Å². The first-order valence-corrected chi connectivity index (χ1v) is 7.11. The largest absolute Gasteiger partial charge is 0.494 e. The van der Waals surface area contributed by atoms with Crippen LogP contribution >= 0.6 is 0 Å². The topological polar surface area (TPSA) is 21.3 Å². The minimum Gasteiger partial charge on any atom is -0.494 e. The van der Waals surface area contributed by atoms with Gasteiger partial charge in [-0.25, -0.2) is 4.39 Å². The molecule has 1 N–H and O–H groups in total. The van der Waals surface area contributed by atoms with Crippen LogP contribution in [0, 0.1) is 17.7 Å². The van der Waals surface area contributed by atoms with Crippen molar-refractivity contribution in [2.75, 3.05) is 20.2 Å². The van der Waals surface area contributed by atoms with Crippen LogP contribution in [0.1, 0.15) is 32.8 Å². The molecule has 108 valence electrons. The van der Waals surface area contributed by atoms with Gasteiger partial charge in [0, 0.05) is 0 Å². The van der Waals surface area contributed by atoms with Gasteiger partial charge in [-0.1, -0.05) is 26.8 Å². The minimum absolute atomic E-state index is 0.274. The molecule has 19 heavy (non-hydrogen) atoms. The van der Waals surface area contributed by atoms with Crippen LogP contribution < -0.4 is 10.1 Å². The summed E-state index contributed by atoms with van der Waals surface area (Å²) in [6.45, 7) is 8.72. The standard InChI is InChI=1S/C16H26FNO/c1-5-8-18-11-13(3)12(2)9-14-6-7-16(19-4)15(17)10-14/h6-7,10,12-13,18H,5,8-9,11H2,1-4H3. The van der Waals surface area contributed by atoms with Gasteiger partial charge < -0.3 is 10.1 Å². The summed E-state index contributed by atoms with van der Waals surface area (Å²) in [4.78, 5) is 0. The fourth-order valence-electron chi connectivity index (χ4n) is 2.12. The van der Waals surface area contributed by atoms with E-state index in [-0.39, 0.29) is 5.82 Å². The minimum atomic E-state index is -0.274. The molecule has 1 aromatic carbocycles. The van der Waals surface area contributed by atoms with E-state index in [4.69, 9.17) is 4.74 Å². The first-order valence-electron chi connectivity index (χ1n) is 7.11. The quantitative estimate of drug-likeness (QED) is 0.726. The second kappa shape index (κ2) is 8.16. The summed E-state index contributed by atoms with van der Waals surface area (Å²) in [6, 6.07) is 5.24. The Bertz CT molecular complexity index is 381. The number of ether oxygens (including phenoxy) is 1. The molecule has 0 bridgehead atoms. The van der Waals surface area contributed by atoms with E-state index in [0.717, 1.165) is 31.5 Å². The van der Waals surface area contributed by atoms with Crippen molar-refractivity contribution in [3.05, 3.63) is 29.6 Å². The molecule has 0 saturated heterocycles. The maximum Gasteiger partial charge on any atom is 0.165 e. The average Bonchev–Trinajstić information content (AvgIpc) is 2.39. The van der Waals surface area contributed by atoms with Gasteiger partial charge in [0.1, 0.15) is 0 Å². The molecule has 2 nitrogen and oxygen atoms in total. The Morgan fingerprint density at radius 3 is 2.58 bits per heavy atom. The SMILES string of the molecule is CCCNCC(C)C(C)Cc1ccc(OC)c(F)c1. The average molecular weight is 267 g/mol. The Kier molecular flexibility index (Phi) is 6.85. The molecule has 0 radical (unpaired) electrons. The van der Waals surface area contributed by atoms with E-state index in [0.29, 0.717) is 17.6 Å². The van der Waals surface area contributed by atoms with Gasteiger partial charge in [-0.15, -0.1) is 0 Å². The zero-order valence-corrected chi connectivity index (χ0v) is 12.5. The molecule has 0 aliphatic heterocycles. The Balaban J connectivity index is 2.51. The highest BCUT2D eigenvalue weighted by atomic mass is 19.1. The maximum absolute atomic E-state index is 13.6. The lowest BCUT2D eigenvalue weighted by Crippen LogP contribution is -2.26. The van der Waals surface area contributed by atoms with Crippen molar-refractivity contribution in [3.63, 3.8) is 0 Å². The highest BCUT2D eigenvalue weighted by Gasteiger charge is 2.13. The zero-order valence-electron chi connectivity index (χ0n) is 12.5. The van der Waals surface area contributed by atoms with Gasteiger partial charge in [0.05, 0.1) is 7.11 Å². The number of hydrogen-bond donors (Lipinski definition) is 1. The monoisotopic (exact) mass is 267 g/mol. The molecule has 3 heteroatoms. The molecule has 0 spiro atoms. The summed E-state index contributed by atoms with van der Waals surface area (Å²) in [5.74, 6) is 1.15. The van der Waals surface area contributed by atoms with Gasteiger partial charge in [0.15, 0.2) is 11.6 Å². The Morgan fingerprint density at radius 1 is 1.26 bits per heavy atom. The van der Waals surface area contributed by atoms with Crippen molar-refractivity contribution in [3.8, 4) is 5.75 Å². The fourth-order valence-corrected chi connectivity index (χ4v) is 2.12. The van der Waals surface area contributed by atoms with Crippen LogP contribution in [0.3, 0.4) is 0 Å². The van der Waals surface area contributed by atoms with E-state index in [2.05, 4.69) is 26.1 Å². The Labute approximate surface area is 116 Å². The van der Waals surface area contributed by atoms with Crippen molar-refractivity contribution in [1.82, 2.24) is 5.32 Å². The molecule has 2 atom stereocenters. The summed E-state index contributed by atoms with van der Waals surface area (Å²) in [6.07, 6.45) is 2.06. The van der Waals surface area contributed by atoms with Gasteiger partial charge in [0.2, 0.25) is 0 Å². The van der Waals surface area contributed by atoms with E-state index < -0.39 is 0 Å². The summed E-state index contributed by atoms with van der Waals surface area (Å²) < 4.78 is 18.5. The predicted molar refractivity (Wildman–Crippen MR) is 78.1 cm³/mol. The molecule has 0 saturated carbocycles. The second-order valence-corrected chi connectivity index (χ2v) is 5.33. The van der Waals surface area contributed by atoms with Crippen molar-refractivity contribution >= 4 is 0 Å². The van der Waals surface area contributed by atoms with Crippen molar-refractivity contribution in [1.29, 1.82) is 0 Å².